The predicted molar refractivity (Wildman–Crippen MR) is 115 cm³/mol. The van der Waals surface area contributed by atoms with Crippen LogP contribution in [0, 0.1) is 6.92 Å². The maximum Gasteiger partial charge on any atom is 0.327 e. The fourth-order valence-corrected chi connectivity index (χ4v) is 5.04. The summed E-state index contributed by atoms with van der Waals surface area (Å²) in [7, 11) is 1.34. The van der Waals surface area contributed by atoms with Crippen molar-refractivity contribution < 1.29 is 19.1 Å². The number of ether oxygens (including phenoxy) is 2. The zero-order valence-electron chi connectivity index (χ0n) is 16.7. The molecule has 2 atom stereocenters. The molecule has 1 N–H and O–H groups in total. The Hall–Kier alpha value is -3.59. The van der Waals surface area contributed by atoms with Crippen molar-refractivity contribution in [1.82, 2.24) is 15.3 Å². The fourth-order valence-electron chi connectivity index (χ4n) is 3.78. The van der Waals surface area contributed by atoms with E-state index in [1.54, 1.807) is 29.4 Å². The maximum absolute atomic E-state index is 13.1. The number of amides is 2. The third-order valence-corrected chi connectivity index (χ3v) is 6.47. The molecule has 8 nitrogen and oxygen atoms in total. The van der Waals surface area contributed by atoms with Crippen molar-refractivity contribution in [2.24, 2.45) is 0 Å². The van der Waals surface area contributed by atoms with Crippen LogP contribution in [0.3, 0.4) is 0 Å². The van der Waals surface area contributed by atoms with Crippen molar-refractivity contribution in [2.75, 3.05) is 12.0 Å². The van der Waals surface area contributed by atoms with Crippen LogP contribution < -0.4 is 15.0 Å². The smallest absolute Gasteiger partial charge is 0.327 e. The molecular formula is C22H18N4O4S. The van der Waals surface area contributed by atoms with Crippen LogP contribution in [-0.2, 0) is 9.53 Å². The summed E-state index contributed by atoms with van der Waals surface area (Å²) < 4.78 is 10.7. The average molecular weight is 434 g/mol. The van der Waals surface area contributed by atoms with Crippen molar-refractivity contribution in [3.05, 3.63) is 66.0 Å². The number of carbonyl (C=O) groups excluding carboxylic acids is 2. The Morgan fingerprint density at radius 2 is 1.97 bits per heavy atom. The lowest BCUT2D eigenvalue weighted by Crippen LogP contribution is -2.47. The quantitative estimate of drug-likeness (QED) is 0.617. The number of thioether (sulfide) groups is 1. The number of para-hydroxylation sites is 1. The minimum atomic E-state index is -0.569. The summed E-state index contributed by atoms with van der Waals surface area (Å²) in [6.07, 6.45) is 3.25. The minimum Gasteiger partial charge on any atom is -0.468 e. The molecule has 0 bridgehead atoms. The summed E-state index contributed by atoms with van der Waals surface area (Å²) in [5.41, 5.74) is 2.93. The molecule has 0 radical (unpaired) electrons. The molecule has 2 amide bonds. The molecule has 0 fully saturated rings. The lowest BCUT2D eigenvalue weighted by atomic mass is 10.00. The lowest BCUT2D eigenvalue weighted by Gasteiger charge is -2.34. The van der Waals surface area contributed by atoms with Gasteiger partial charge in [0, 0.05) is 17.8 Å². The van der Waals surface area contributed by atoms with Crippen molar-refractivity contribution in [1.29, 1.82) is 0 Å². The van der Waals surface area contributed by atoms with E-state index < -0.39 is 17.3 Å². The van der Waals surface area contributed by atoms with Crippen LogP contribution in [-0.4, -0.2) is 34.3 Å². The molecule has 0 saturated heterocycles. The van der Waals surface area contributed by atoms with E-state index in [9.17, 15) is 9.59 Å². The van der Waals surface area contributed by atoms with E-state index in [4.69, 9.17) is 9.47 Å². The molecule has 1 aromatic carbocycles. The zero-order valence-corrected chi connectivity index (χ0v) is 17.6. The molecule has 31 heavy (non-hydrogen) atoms. The Labute approximate surface area is 182 Å². The zero-order chi connectivity index (χ0) is 21.5. The molecule has 9 heteroatoms. The number of urea groups is 1. The van der Waals surface area contributed by atoms with Crippen LogP contribution in [0.1, 0.15) is 17.2 Å². The Morgan fingerprint density at radius 3 is 2.71 bits per heavy atom. The van der Waals surface area contributed by atoms with Crippen LogP contribution in [0.25, 0.3) is 0 Å². The van der Waals surface area contributed by atoms with Gasteiger partial charge in [-0.05, 0) is 30.7 Å². The number of carbonyl (C=O) groups is 2. The summed E-state index contributed by atoms with van der Waals surface area (Å²) in [6, 6.07) is 12.1. The lowest BCUT2D eigenvalue weighted by molar-refractivity contribution is -0.140. The summed E-state index contributed by atoms with van der Waals surface area (Å²) in [6.45, 7) is 1.89. The third kappa shape index (κ3) is 3.27. The molecule has 2 aliphatic heterocycles. The highest BCUT2D eigenvalue weighted by Crippen LogP contribution is 2.51. The summed E-state index contributed by atoms with van der Waals surface area (Å²) in [5, 5.41) is 3.07. The second-order valence-electron chi connectivity index (χ2n) is 7.10. The molecule has 0 spiro atoms. The first-order valence-electron chi connectivity index (χ1n) is 9.60. The van der Waals surface area contributed by atoms with Gasteiger partial charge in [0.2, 0.25) is 5.88 Å². The van der Waals surface area contributed by atoms with Gasteiger partial charge in [-0.25, -0.2) is 14.8 Å². The highest BCUT2D eigenvalue weighted by Gasteiger charge is 2.47. The highest BCUT2D eigenvalue weighted by molar-refractivity contribution is 8.01. The average Bonchev–Trinajstić information content (AvgIpc) is 3.14. The van der Waals surface area contributed by atoms with Crippen molar-refractivity contribution >= 4 is 35.1 Å². The number of rotatable bonds is 4. The second-order valence-corrected chi connectivity index (χ2v) is 8.23. The van der Waals surface area contributed by atoms with E-state index in [0.717, 1.165) is 11.1 Å². The first kappa shape index (κ1) is 19.4. The summed E-state index contributed by atoms with van der Waals surface area (Å²) >= 11 is 1.30. The van der Waals surface area contributed by atoms with Crippen LogP contribution >= 0.6 is 11.8 Å². The largest absolute Gasteiger partial charge is 0.468 e. The molecule has 2 aliphatic rings. The van der Waals surface area contributed by atoms with Gasteiger partial charge in [0.1, 0.15) is 16.0 Å². The molecule has 0 saturated carbocycles. The van der Waals surface area contributed by atoms with E-state index in [1.165, 1.54) is 18.9 Å². The SMILES string of the molecule is COC(=O)C1Sc2nccc3c2C1NC(=O)N3c1cnc(Oc2ccccc2)cc1C. The van der Waals surface area contributed by atoms with Gasteiger partial charge >= 0.3 is 12.0 Å². The monoisotopic (exact) mass is 434 g/mol. The maximum atomic E-state index is 13.1. The fraction of sp³-hybridized carbons (Fsp3) is 0.182. The Bertz CT molecular complexity index is 1190. The number of nitrogens with zero attached hydrogens (tertiary/aromatic N) is 3. The van der Waals surface area contributed by atoms with Crippen LogP contribution in [0.5, 0.6) is 11.6 Å². The number of aromatic nitrogens is 2. The van der Waals surface area contributed by atoms with Crippen molar-refractivity contribution in [3.63, 3.8) is 0 Å². The molecular weight excluding hydrogens is 416 g/mol. The number of methoxy groups -OCH3 is 1. The van der Waals surface area contributed by atoms with Gasteiger partial charge in [-0.3, -0.25) is 9.69 Å². The van der Waals surface area contributed by atoms with Crippen molar-refractivity contribution in [2.45, 2.75) is 23.2 Å². The van der Waals surface area contributed by atoms with Gasteiger partial charge in [-0.15, -0.1) is 0 Å². The number of hydrogen-bond donors (Lipinski definition) is 1. The summed E-state index contributed by atoms with van der Waals surface area (Å²) in [4.78, 5) is 35.7. The number of pyridine rings is 2. The number of benzene rings is 1. The number of esters is 1. The summed E-state index contributed by atoms with van der Waals surface area (Å²) in [5.74, 6) is 0.718. The van der Waals surface area contributed by atoms with Gasteiger partial charge in [-0.1, -0.05) is 30.0 Å². The predicted octanol–water partition coefficient (Wildman–Crippen LogP) is 4.13. The van der Waals surface area contributed by atoms with E-state index in [1.807, 2.05) is 37.3 Å². The molecule has 0 aliphatic carbocycles. The van der Waals surface area contributed by atoms with E-state index in [0.29, 0.717) is 28.0 Å². The van der Waals surface area contributed by atoms with Crippen molar-refractivity contribution in [3.8, 4) is 11.6 Å². The van der Waals surface area contributed by atoms with Gasteiger partial charge in [-0.2, -0.15) is 0 Å². The normalized spacial score (nSPS) is 18.9. The van der Waals surface area contributed by atoms with E-state index in [-0.39, 0.29) is 6.03 Å². The van der Waals surface area contributed by atoms with Gasteiger partial charge in [0.15, 0.2) is 0 Å². The van der Waals surface area contributed by atoms with Gasteiger partial charge in [0.25, 0.3) is 0 Å². The van der Waals surface area contributed by atoms with Gasteiger partial charge < -0.3 is 14.8 Å². The first-order chi connectivity index (χ1) is 15.1. The van der Waals surface area contributed by atoms with Crippen LogP contribution in [0.15, 0.2) is 59.9 Å². The standard InChI is InChI=1S/C22H18N4O4S/c1-12-10-16(30-13-6-4-3-5-7-13)24-11-15(12)26-14-8-9-23-20-17(14)18(25-22(26)28)19(31-20)21(27)29-2/h3-11,18-19H,1-2H3,(H,25,28). The minimum absolute atomic E-state index is 0.340. The molecule has 3 aromatic rings. The van der Waals surface area contributed by atoms with E-state index >= 15 is 0 Å². The Kier molecular flexibility index (Phi) is 4.74. The molecule has 2 aromatic heterocycles. The first-order valence-corrected chi connectivity index (χ1v) is 10.5. The number of aryl methyl sites for hydroxylation is 1. The molecule has 156 valence electrons. The molecule has 4 heterocycles. The van der Waals surface area contributed by atoms with E-state index in [2.05, 4.69) is 15.3 Å². The third-order valence-electron chi connectivity index (χ3n) is 5.20. The topological polar surface area (TPSA) is 93.6 Å². The Morgan fingerprint density at radius 1 is 1.16 bits per heavy atom. The highest BCUT2D eigenvalue weighted by atomic mass is 32.2. The molecule has 5 rings (SSSR count). The number of hydrogen-bond acceptors (Lipinski definition) is 7. The Balaban J connectivity index is 1.51. The number of anilines is 2. The molecule has 2 unspecified atom stereocenters. The number of nitrogens with one attached hydrogen (secondary N) is 1. The second kappa shape index (κ2) is 7.59. The van der Waals surface area contributed by atoms with Gasteiger partial charge in [0.05, 0.1) is 30.7 Å². The van der Waals surface area contributed by atoms with Crippen LogP contribution in [0.2, 0.25) is 0 Å². The van der Waals surface area contributed by atoms with Crippen LogP contribution in [0.4, 0.5) is 16.2 Å².